The third kappa shape index (κ3) is 6.97. The fourth-order valence-electron chi connectivity index (χ4n) is 1.71. The van der Waals surface area contributed by atoms with Crippen molar-refractivity contribution < 1.29 is 14.3 Å². The monoisotopic (exact) mass is 243 g/mol. The van der Waals surface area contributed by atoms with Crippen molar-refractivity contribution in [3.8, 4) is 0 Å². The molecular weight excluding hydrogens is 218 g/mol. The Morgan fingerprint density at radius 1 is 1.29 bits per heavy atom. The zero-order valence-electron chi connectivity index (χ0n) is 11.8. The van der Waals surface area contributed by atoms with Crippen LogP contribution in [0.3, 0.4) is 0 Å². The topological polar surface area (TPSA) is 55.4 Å². The van der Waals surface area contributed by atoms with E-state index in [-0.39, 0.29) is 17.7 Å². The summed E-state index contributed by atoms with van der Waals surface area (Å²) in [6, 6.07) is -0.192. The van der Waals surface area contributed by atoms with Crippen molar-refractivity contribution in [2.75, 3.05) is 0 Å². The minimum atomic E-state index is -0.514. The first-order valence-corrected chi connectivity index (χ1v) is 6.17. The Labute approximate surface area is 104 Å². The SMILES string of the molecule is CCCC(C(C)=O)C(C)NC(=O)OC(C)(C)C. The summed E-state index contributed by atoms with van der Waals surface area (Å²) in [6.07, 6.45) is 1.24. The number of rotatable bonds is 5. The lowest BCUT2D eigenvalue weighted by Crippen LogP contribution is -2.43. The van der Waals surface area contributed by atoms with Gasteiger partial charge in [-0.05, 0) is 41.0 Å². The van der Waals surface area contributed by atoms with Gasteiger partial charge in [0.05, 0.1) is 0 Å². The zero-order valence-corrected chi connectivity index (χ0v) is 11.8. The Morgan fingerprint density at radius 3 is 2.18 bits per heavy atom. The number of amides is 1. The molecule has 4 nitrogen and oxygen atoms in total. The lowest BCUT2D eigenvalue weighted by Gasteiger charge is -2.25. The highest BCUT2D eigenvalue weighted by Crippen LogP contribution is 2.14. The Kier molecular flexibility index (Phi) is 6.21. The van der Waals surface area contributed by atoms with Crippen LogP contribution in [0.1, 0.15) is 54.4 Å². The lowest BCUT2D eigenvalue weighted by molar-refractivity contribution is -0.121. The van der Waals surface area contributed by atoms with E-state index in [1.165, 1.54) is 0 Å². The first kappa shape index (κ1) is 15.9. The largest absolute Gasteiger partial charge is 0.444 e. The summed E-state index contributed by atoms with van der Waals surface area (Å²) in [6.45, 7) is 10.9. The van der Waals surface area contributed by atoms with Gasteiger partial charge in [0.25, 0.3) is 0 Å². The molecule has 0 spiro atoms. The van der Waals surface area contributed by atoms with Gasteiger partial charge in [0, 0.05) is 12.0 Å². The molecule has 0 bridgehead atoms. The summed E-state index contributed by atoms with van der Waals surface area (Å²) in [5, 5.41) is 2.72. The van der Waals surface area contributed by atoms with Gasteiger partial charge in [-0.1, -0.05) is 13.3 Å². The Morgan fingerprint density at radius 2 is 1.82 bits per heavy atom. The van der Waals surface area contributed by atoms with Crippen molar-refractivity contribution >= 4 is 11.9 Å². The molecule has 0 radical (unpaired) electrons. The standard InChI is InChI=1S/C13H25NO3/c1-7-8-11(10(3)15)9(2)14-12(16)17-13(4,5)6/h9,11H,7-8H2,1-6H3,(H,14,16). The van der Waals surface area contributed by atoms with E-state index in [1.807, 2.05) is 34.6 Å². The van der Waals surface area contributed by atoms with Crippen LogP contribution in [0.25, 0.3) is 0 Å². The summed E-state index contributed by atoms with van der Waals surface area (Å²) in [4.78, 5) is 23.0. The van der Waals surface area contributed by atoms with Gasteiger partial charge in [-0.3, -0.25) is 4.79 Å². The summed E-state index contributed by atoms with van der Waals surface area (Å²) in [5.74, 6) is -0.0251. The number of ether oxygens (including phenoxy) is 1. The Balaban J connectivity index is 4.35. The second kappa shape index (κ2) is 6.62. The van der Waals surface area contributed by atoms with E-state index in [1.54, 1.807) is 6.92 Å². The molecule has 0 saturated carbocycles. The average molecular weight is 243 g/mol. The normalized spacial score (nSPS) is 14.9. The maximum atomic E-state index is 11.6. The molecule has 0 aromatic rings. The van der Waals surface area contributed by atoms with Gasteiger partial charge in [-0.25, -0.2) is 4.79 Å². The Bertz CT molecular complexity index is 268. The third-order valence-corrected chi connectivity index (χ3v) is 2.47. The number of carbonyl (C=O) groups excluding carboxylic acids is 2. The van der Waals surface area contributed by atoms with Crippen LogP contribution < -0.4 is 5.32 Å². The van der Waals surface area contributed by atoms with E-state index in [4.69, 9.17) is 4.74 Å². The van der Waals surface area contributed by atoms with Crippen LogP contribution >= 0.6 is 0 Å². The van der Waals surface area contributed by atoms with Gasteiger partial charge in [0.1, 0.15) is 11.4 Å². The highest BCUT2D eigenvalue weighted by atomic mass is 16.6. The lowest BCUT2D eigenvalue weighted by atomic mass is 9.92. The molecule has 0 fully saturated rings. The molecule has 2 unspecified atom stereocenters. The maximum Gasteiger partial charge on any atom is 0.407 e. The molecule has 0 aliphatic rings. The predicted molar refractivity (Wildman–Crippen MR) is 67.9 cm³/mol. The van der Waals surface area contributed by atoms with Gasteiger partial charge < -0.3 is 10.1 Å². The number of ketones is 1. The minimum absolute atomic E-state index is 0.107. The quantitative estimate of drug-likeness (QED) is 0.807. The summed E-state index contributed by atoms with van der Waals surface area (Å²) < 4.78 is 5.16. The molecule has 0 aromatic carbocycles. The second-order valence-electron chi connectivity index (χ2n) is 5.44. The van der Waals surface area contributed by atoms with Gasteiger partial charge in [-0.2, -0.15) is 0 Å². The number of alkyl carbamates (subject to hydrolysis) is 1. The van der Waals surface area contributed by atoms with Crippen LogP contribution in [-0.2, 0) is 9.53 Å². The molecule has 17 heavy (non-hydrogen) atoms. The Hall–Kier alpha value is -1.06. The fourth-order valence-corrected chi connectivity index (χ4v) is 1.71. The number of Topliss-reactive ketones (excluding diaryl/α,β-unsaturated/α-hetero) is 1. The van der Waals surface area contributed by atoms with Crippen molar-refractivity contribution in [3.05, 3.63) is 0 Å². The number of hydrogen-bond donors (Lipinski definition) is 1. The van der Waals surface area contributed by atoms with Crippen LogP contribution in [0.5, 0.6) is 0 Å². The van der Waals surface area contributed by atoms with E-state index in [0.29, 0.717) is 0 Å². The van der Waals surface area contributed by atoms with E-state index in [0.717, 1.165) is 12.8 Å². The summed E-state index contributed by atoms with van der Waals surface area (Å²) in [5.41, 5.74) is -0.514. The first-order valence-electron chi connectivity index (χ1n) is 6.17. The van der Waals surface area contributed by atoms with Crippen molar-refractivity contribution in [1.82, 2.24) is 5.32 Å². The van der Waals surface area contributed by atoms with Gasteiger partial charge in [0.15, 0.2) is 0 Å². The number of carbonyl (C=O) groups is 2. The van der Waals surface area contributed by atoms with E-state index < -0.39 is 11.7 Å². The molecule has 0 heterocycles. The molecule has 0 rings (SSSR count). The van der Waals surface area contributed by atoms with Crippen molar-refractivity contribution in [2.45, 2.75) is 66.0 Å². The second-order valence-corrected chi connectivity index (χ2v) is 5.44. The van der Waals surface area contributed by atoms with Crippen LogP contribution in [0, 0.1) is 5.92 Å². The number of nitrogens with one attached hydrogen (secondary N) is 1. The smallest absolute Gasteiger partial charge is 0.407 e. The molecule has 2 atom stereocenters. The van der Waals surface area contributed by atoms with Crippen LogP contribution in [0.4, 0.5) is 4.79 Å². The van der Waals surface area contributed by atoms with Crippen LogP contribution in [-0.4, -0.2) is 23.5 Å². The highest BCUT2D eigenvalue weighted by Gasteiger charge is 2.24. The van der Waals surface area contributed by atoms with E-state index in [2.05, 4.69) is 5.32 Å². The molecule has 1 amide bonds. The molecule has 1 N–H and O–H groups in total. The zero-order chi connectivity index (χ0) is 13.6. The molecular formula is C13H25NO3. The highest BCUT2D eigenvalue weighted by molar-refractivity contribution is 5.80. The molecule has 100 valence electrons. The fraction of sp³-hybridized carbons (Fsp3) is 0.846. The predicted octanol–water partition coefficient (Wildman–Crippen LogP) is 2.90. The van der Waals surface area contributed by atoms with Crippen molar-refractivity contribution in [3.63, 3.8) is 0 Å². The van der Waals surface area contributed by atoms with Gasteiger partial charge in [0.2, 0.25) is 0 Å². The summed E-state index contributed by atoms with van der Waals surface area (Å²) in [7, 11) is 0. The molecule has 0 aliphatic heterocycles. The maximum absolute atomic E-state index is 11.6. The first-order chi connectivity index (χ1) is 7.67. The van der Waals surface area contributed by atoms with Crippen LogP contribution in [0.2, 0.25) is 0 Å². The summed E-state index contributed by atoms with van der Waals surface area (Å²) >= 11 is 0. The van der Waals surface area contributed by atoms with E-state index >= 15 is 0 Å². The molecule has 4 heteroatoms. The molecule has 0 saturated heterocycles. The molecule has 0 aromatic heterocycles. The number of hydrogen-bond acceptors (Lipinski definition) is 3. The van der Waals surface area contributed by atoms with Crippen LogP contribution in [0.15, 0.2) is 0 Å². The van der Waals surface area contributed by atoms with Crippen molar-refractivity contribution in [2.24, 2.45) is 5.92 Å². The van der Waals surface area contributed by atoms with Crippen molar-refractivity contribution in [1.29, 1.82) is 0 Å². The third-order valence-electron chi connectivity index (χ3n) is 2.47. The molecule has 0 aliphatic carbocycles. The van der Waals surface area contributed by atoms with E-state index in [9.17, 15) is 9.59 Å². The van der Waals surface area contributed by atoms with Gasteiger partial charge in [-0.15, -0.1) is 0 Å². The van der Waals surface area contributed by atoms with Gasteiger partial charge >= 0.3 is 6.09 Å². The minimum Gasteiger partial charge on any atom is -0.444 e. The average Bonchev–Trinajstić information content (AvgIpc) is 2.09.